The van der Waals surface area contributed by atoms with Gasteiger partial charge in [-0.15, -0.1) is 0 Å². The average Bonchev–Trinajstić information content (AvgIpc) is 2.24. The van der Waals surface area contributed by atoms with E-state index in [1.807, 2.05) is 13.0 Å². The van der Waals surface area contributed by atoms with Gasteiger partial charge in [-0.3, -0.25) is 4.79 Å². The molecule has 1 aromatic carbocycles. The van der Waals surface area contributed by atoms with Crippen molar-refractivity contribution in [1.82, 2.24) is 0 Å². The van der Waals surface area contributed by atoms with Crippen molar-refractivity contribution in [3.63, 3.8) is 0 Å². The maximum atomic E-state index is 11.8. The van der Waals surface area contributed by atoms with Crippen LogP contribution in [0.1, 0.15) is 28.8 Å². The SMILES string of the molecule is COc1c(C)cc(Cl)cc1C(=O)CCC#N. The van der Waals surface area contributed by atoms with Gasteiger partial charge in [-0.1, -0.05) is 11.6 Å². The lowest BCUT2D eigenvalue weighted by Crippen LogP contribution is -2.03. The molecule has 0 atom stereocenters. The number of ketones is 1. The number of methoxy groups -OCH3 is 1. The van der Waals surface area contributed by atoms with Crippen LogP contribution in [-0.2, 0) is 0 Å². The molecule has 0 aromatic heterocycles. The van der Waals surface area contributed by atoms with E-state index >= 15 is 0 Å². The molecular formula is C12H12ClNO2. The lowest BCUT2D eigenvalue weighted by Gasteiger charge is -2.10. The van der Waals surface area contributed by atoms with Crippen LogP contribution in [0.4, 0.5) is 0 Å². The number of halogens is 1. The van der Waals surface area contributed by atoms with Crippen molar-refractivity contribution in [2.75, 3.05) is 7.11 Å². The molecule has 0 radical (unpaired) electrons. The van der Waals surface area contributed by atoms with Gasteiger partial charge < -0.3 is 4.74 Å². The number of ether oxygens (including phenoxy) is 1. The molecule has 16 heavy (non-hydrogen) atoms. The van der Waals surface area contributed by atoms with Gasteiger partial charge in [0.1, 0.15) is 5.75 Å². The Balaban J connectivity index is 3.11. The summed E-state index contributed by atoms with van der Waals surface area (Å²) in [5.74, 6) is 0.413. The predicted octanol–water partition coefficient (Wildman–Crippen LogP) is 3.14. The number of nitriles is 1. The fourth-order valence-electron chi connectivity index (χ4n) is 1.51. The van der Waals surface area contributed by atoms with E-state index in [4.69, 9.17) is 21.6 Å². The highest BCUT2D eigenvalue weighted by Gasteiger charge is 2.15. The molecule has 0 unspecified atom stereocenters. The summed E-state index contributed by atoms with van der Waals surface area (Å²) in [4.78, 5) is 11.8. The minimum atomic E-state index is -0.121. The summed E-state index contributed by atoms with van der Waals surface area (Å²) in [6.07, 6.45) is 0.389. The number of aryl methyl sites for hydroxylation is 1. The Morgan fingerprint density at radius 3 is 2.81 bits per heavy atom. The van der Waals surface area contributed by atoms with Gasteiger partial charge in [0.2, 0.25) is 0 Å². The van der Waals surface area contributed by atoms with E-state index in [1.54, 1.807) is 12.1 Å². The second-order valence-electron chi connectivity index (χ2n) is 3.38. The number of carbonyl (C=O) groups excluding carboxylic acids is 1. The van der Waals surface area contributed by atoms with E-state index in [-0.39, 0.29) is 18.6 Å². The summed E-state index contributed by atoms with van der Waals surface area (Å²) in [5, 5.41) is 8.94. The fourth-order valence-corrected chi connectivity index (χ4v) is 1.78. The van der Waals surface area contributed by atoms with Crippen LogP contribution in [0, 0.1) is 18.3 Å². The summed E-state index contributed by atoms with van der Waals surface area (Å²) in [5.41, 5.74) is 1.26. The number of Topliss-reactive ketones (excluding diaryl/α,β-unsaturated/α-hetero) is 1. The molecule has 0 N–H and O–H groups in total. The van der Waals surface area contributed by atoms with Gasteiger partial charge >= 0.3 is 0 Å². The number of carbonyl (C=O) groups is 1. The van der Waals surface area contributed by atoms with Crippen molar-refractivity contribution < 1.29 is 9.53 Å². The Morgan fingerprint density at radius 1 is 1.56 bits per heavy atom. The lowest BCUT2D eigenvalue weighted by atomic mass is 10.0. The zero-order valence-corrected chi connectivity index (χ0v) is 9.97. The van der Waals surface area contributed by atoms with Gasteiger partial charge in [-0.05, 0) is 24.6 Å². The molecule has 0 amide bonds. The van der Waals surface area contributed by atoms with Crippen LogP contribution in [0.5, 0.6) is 5.75 Å². The van der Waals surface area contributed by atoms with E-state index in [1.165, 1.54) is 7.11 Å². The first-order valence-corrected chi connectivity index (χ1v) is 5.22. The monoisotopic (exact) mass is 237 g/mol. The minimum Gasteiger partial charge on any atom is -0.496 e. The summed E-state index contributed by atoms with van der Waals surface area (Å²) in [6, 6.07) is 5.25. The molecule has 0 saturated carbocycles. The normalized spacial score (nSPS) is 9.62. The Kier molecular flexibility index (Phi) is 4.33. The molecule has 0 fully saturated rings. The van der Waals surface area contributed by atoms with Gasteiger partial charge in [0, 0.05) is 17.9 Å². The van der Waals surface area contributed by atoms with Gasteiger partial charge in [-0.25, -0.2) is 0 Å². The number of hydrogen-bond acceptors (Lipinski definition) is 3. The van der Waals surface area contributed by atoms with Crippen LogP contribution in [0.15, 0.2) is 12.1 Å². The Labute approximate surface area is 99.6 Å². The second kappa shape index (κ2) is 5.53. The van der Waals surface area contributed by atoms with Crippen molar-refractivity contribution >= 4 is 17.4 Å². The summed E-state index contributed by atoms with van der Waals surface area (Å²) < 4.78 is 5.17. The van der Waals surface area contributed by atoms with Gasteiger partial charge in [0.05, 0.1) is 18.7 Å². The van der Waals surface area contributed by atoms with E-state index in [2.05, 4.69) is 0 Å². The van der Waals surface area contributed by atoms with Crippen LogP contribution >= 0.6 is 11.6 Å². The Hall–Kier alpha value is -1.53. The molecule has 4 heteroatoms. The molecule has 0 aliphatic carbocycles. The Bertz CT molecular complexity index is 449. The first kappa shape index (κ1) is 12.5. The second-order valence-corrected chi connectivity index (χ2v) is 3.82. The highest BCUT2D eigenvalue weighted by Crippen LogP contribution is 2.28. The molecule has 1 rings (SSSR count). The van der Waals surface area contributed by atoms with E-state index < -0.39 is 0 Å². The van der Waals surface area contributed by atoms with Crippen LogP contribution in [0.25, 0.3) is 0 Å². The predicted molar refractivity (Wildman–Crippen MR) is 61.9 cm³/mol. The smallest absolute Gasteiger partial charge is 0.167 e. The zero-order valence-electron chi connectivity index (χ0n) is 9.21. The number of nitrogens with zero attached hydrogens (tertiary/aromatic N) is 1. The molecule has 1 aromatic rings. The van der Waals surface area contributed by atoms with Crippen LogP contribution in [0.3, 0.4) is 0 Å². The molecule has 84 valence electrons. The third-order valence-corrected chi connectivity index (χ3v) is 2.43. The number of hydrogen-bond donors (Lipinski definition) is 0. The average molecular weight is 238 g/mol. The highest BCUT2D eigenvalue weighted by atomic mass is 35.5. The maximum Gasteiger partial charge on any atom is 0.167 e. The first-order chi connectivity index (χ1) is 7.60. The van der Waals surface area contributed by atoms with E-state index in [0.717, 1.165) is 5.56 Å². The topological polar surface area (TPSA) is 50.1 Å². The standard InChI is InChI=1S/C12H12ClNO2/c1-8-6-9(13)7-10(12(8)16-2)11(15)4-3-5-14/h6-7H,3-4H2,1-2H3. The van der Waals surface area contributed by atoms with Crippen molar-refractivity contribution in [3.05, 3.63) is 28.3 Å². The van der Waals surface area contributed by atoms with Crippen LogP contribution < -0.4 is 4.74 Å². The molecule has 0 aliphatic rings. The third-order valence-electron chi connectivity index (χ3n) is 2.21. The lowest BCUT2D eigenvalue weighted by molar-refractivity contribution is 0.0981. The van der Waals surface area contributed by atoms with E-state index in [9.17, 15) is 4.79 Å². The molecule has 3 nitrogen and oxygen atoms in total. The van der Waals surface area contributed by atoms with Gasteiger partial charge in [-0.2, -0.15) is 5.26 Å². The van der Waals surface area contributed by atoms with Crippen molar-refractivity contribution in [2.24, 2.45) is 0 Å². The molecular weight excluding hydrogens is 226 g/mol. The first-order valence-electron chi connectivity index (χ1n) is 4.84. The Morgan fingerprint density at radius 2 is 2.25 bits per heavy atom. The van der Waals surface area contributed by atoms with Crippen molar-refractivity contribution in [1.29, 1.82) is 5.26 Å². The summed E-state index contributed by atoms with van der Waals surface area (Å²) in [6.45, 7) is 1.83. The summed E-state index contributed by atoms with van der Waals surface area (Å²) >= 11 is 5.88. The van der Waals surface area contributed by atoms with Crippen molar-refractivity contribution in [3.8, 4) is 11.8 Å². The quantitative estimate of drug-likeness (QED) is 0.756. The summed E-state index contributed by atoms with van der Waals surface area (Å²) in [7, 11) is 1.51. The molecule has 0 saturated heterocycles. The zero-order chi connectivity index (χ0) is 12.1. The minimum absolute atomic E-state index is 0.121. The van der Waals surface area contributed by atoms with Crippen molar-refractivity contribution in [2.45, 2.75) is 19.8 Å². The largest absolute Gasteiger partial charge is 0.496 e. The maximum absolute atomic E-state index is 11.8. The molecule has 0 bridgehead atoms. The molecule has 0 heterocycles. The highest BCUT2D eigenvalue weighted by molar-refractivity contribution is 6.31. The molecule has 0 spiro atoms. The van der Waals surface area contributed by atoms with E-state index in [0.29, 0.717) is 16.3 Å². The number of benzene rings is 1. The van der Waals surface area contributed by atoms with Crippen LogP contribution in [-0.4, -0.2) is 12.9 Å². The third kappa shape index (κ3) is 2.74. The van der Waals surface area contributed by atoms with Crippen LogP contribution in [0.2, 0.25) is 5.02 Å². The van der Waals surface area contributed by atoms with Gasteiger partial charge in [0.25, 0.3) is 0 Å². The van der Waals surface area contributed by atoms with Gasteiger partial charge in [0.15, 0.2) is 5.78 Å². The molecule has 0 aliphatic heterocycles. The fraction of sp³-hybridized carbons (Fsp3) is 0.333. The number of rotatable bonds is 4.